The molecule has 0 saturated heterocycles. The van der Waals surface area contributed by atoms with Gasteiger partial charge in [0.2, 0.25) is 0 Å². The summed E-state index contributed by atoms with van der Waals surface area (Å²) in [5, 5.41) is 8.21. The lowest BCUT2D eigenvalue weighted by atomic mass is 10.2. The third kappa shape index (κ3) is 4.25. The van der Waals surface area contributed by atoms with Gasteiger partial charge in [-0.3, -0.25) is 18.8 Å². The van der Waals surface area contributed by atoms with E-state index in [4.69, 9.17) is 5.11 Å². The number of benzene rings is 1. The lowest BCUT2D eigenvalue weighted by molar-refractivity contribution is 0.0689. The fourth-order valence-electron chi connectivity index (χ4n) is 0.728. The summed E-state index contributed by atoms with van der Waals surface area (Å²) in [6.07, 6.45) is 0. The predicted molar refractivity (Wildman–Crippen MR) is 43.2 cm³/mol. The van der Waals surface area contributed by atoms with Crippen molar-refractivity contribution in [3.63, 3.8) is 0 Å². The Bertz CT molecular complexity index is 381. The zero-order chi connectivity index (χ0) is 10.2. The number of aromatic carboxylic acids is 1. The second-order valence-electron chi connectivity index (χ2n) is 2.15. The predicted octanol–water partition coefficient (Wildman–Crippen LogP) is 2.55. The first-order chi connectivity index (χ1) is 5.95. The van der Waals surface area contributed by atoms with Crippen LogP contribution < -0.4 is 0 Å². The fraction of sp³-hybridized carbons (Fsp3) is 0. The van der Waals surface area contributed by atoms with Crippen molar-refractivity contribution in [1.29, 1.82) is 0 Å². The monoisotopic (exact) mass is 274 g/mol. The van der Waals surface area contributed by atoms with Crippen molar-refractivity contribution in [3.8, 4) is 0 Å². The number of hydrogen-bond acceptors (Lipinski definition) is 1. The van der Waals surface area contributed by atoms with Gasteiger partial charge >= 0.3 is 5.97 Å². The smallest absolute Gasteiger partial charge is 0.338 e. The summed E-state index contributed by atoms with van der Waals surface area (Å²) in [4.78, 5) is 10.1. The van der Waals surface area contributed by atoms with E-state index in [0.29, 0.717) is 0 Å². The van der Waals surface area contributed by atoms with E-state index in [1.807, 2.05) is 0 Å². The molecule has 1 aromatic carbocycles. The number of carboxylic acids is 1. The lowest BCUT2D eigenvalue weighted by Crippen LogP contribution is -2.06. The zero-order valence-corrected chi connectivity index (χ0v) is 7.58. The fourth-order valence-corrected chi connectivity index (χ4v) is 0.728. The number of rotatable bonds is 1. The molecular formula is C7H6F8O2. The molecule has 0 fully saturated rings. The molecule has 0 aliphatic rings. The molecule has 1 rings (SSSR count). The summed E-state index contributed by atoms with van der Waals surface area (Å²) in [6, 6.07) is 0.0794. The Morgan fingerprint density at radius 1 is 0.882 bits per heavy atom. The Labute approximate surface area is 88.3 Å². The Morgan fingerprint density at radius 2 is 1.29 bits per heavy atom. The summed E-state index contributed by atoms with van der Waals surface area (Å²) in [6.45, 7) is 0. The molecule has 0 spiro atoms. The normalized spacial score (nSPS) is 7.76. The largest absolute Gasteiger partial charge is 0.478 e. The highest BCUT2D eigenvalue weighted by Gasteiger charge is 2.22. The van der Waals surface area contributed by atoms with Gasteiger partial charge in [0.1, 0.15) is 5.56 Å². The van der Waals surface area contributed by atoms with Gasteiger partial charge < -0.3 is 5.11 Å². The molecule has 0 radical (unpaired) electrons. The average Bonchev–Trinajstić information content (AvgIpc) is 2.07. The Balaban J connectivity index is -0.000000211. The van der Waals surface area contributed by atoms with Crippen LogP contribution in [0.2, 0.25) is 0 Å². The van der Waals surface area contributed by atoms with Gasteiger partial charge in [-0.15, -0.1) is 0 Å². The van der Waals surface area contributed by atoms with Crippen molar-refractivity contribution in [3.05, 3.63) is 34.9 Å². The molecule has 0 atom stereocenters. The topological polar surface area (TPSA) is 37.3 Å². The maximum absolute atomic E-state index is 12.5. The van der Waals surface area contributed by atoms with E-state index in [0.717, 1.165) is 0 Å². The lowest BCUT2D eigenvalue weighted by Gasteiger charge is -2.00. The minimum absolute atomic E-state index is 0. The van der Waals surface area contributed by atoms with E-state index >= 15 is 0 Å². The van der Waals surface area contributed by atoms with Gasteiger partial charge in [-0.1, -0.05) is 0 Å². The second-order valence-corrected chi connectivity index (χ2v) is 2.15. The molecule has 0 saturated carbocycles. The SMILES string of the molecule is F.F.F.F.O=C(O)c1cc(F)c(F)c(F)c1F. The maximum atomic E-state index is 12.5. The Kier molecular flexibility index (Phi) is 11.9. The quantitative estimate of drug-likeness (QED) is 0.485. The van der Waals surface area contributed by atoms with Crippen LogP contribution in [0.1, 0.15) is 10.4 Å². The number of carboxylic acid groups (broad SMARTS) is 1. The average molecular weight is 274 g/mol. The van der Waals surface area contributed by atoms with Gasteiger partial charge in [-0.25, -0.2) is 22.4 Å². The maximum Gasteiger partial charge on any atom is 0.338 e. The number of halogens is 8. The van der Waals surface area contributed by atoms with Gasteiger partial charge in [0, 0.05) is 0 Å². The molecule has 0 heterocycles. The van der Waals surface area contributed by atoms with Crippen LogP contribution in [0.3, 0.4) is 0 Å². The molecular weight excluding hydrogens is 268 g/mol. The Hall–Kier alpha value is -1.87. The van der Waals surface area contributed by atoms with Crippen LogP contribution in [0.5, 0.6) is 0 Å². The highest BCUT2D eigenvalue weighted by Crippen LogP contribution is 2.18. The van der Waals surface area contributed by atoms with Crippen molar-refractivity contribution in [2.75, 3.05) is 0 Å². The van der Waals surface area contributed by atoms with Gasteiger partial charge in [0.05, 0.1) is 0 Å². The van der Waals surface area contributed by atoms with Crippen molar-refractivity contribution >= 4 is 5.97 Å². The van der Waals surface area contributed by atoms with Gasteiger partial charge in [0.15, 0.2) is 23.3 Å². The van der Waals surface area contributed by atoms with Gasteiger partial charge in [-0.2, -0.15) is 0 Å². The summed E-state index contributed by atoms with van der Waals surface area (Å²) in [5.41, 5.74) is -1.24. The van der Waals surface area contributed by atoms with Crippen molar-refractivity contribution in [2.45, 2.75) is 0 Å². The molecule has 0 bridgehead atoms. The van der Waals surface area contributed by atoms with E-state index in [2.05, 4.69) is 0 Å². The first-order valence-corrected chi connectivity index (χ1v) is 3.01. The van der Waals surface area contributed by atoms with Crippen molar-refractivity contribution < 1.29 is 46.3 Å². The molecule has 102 valence electrons. The molecule has 0 aliphatic heterocycles. The summed E-state index contributed by atoms with van der Waals surface area (Å²) in [5.74, 6) is -9.67. The molecule has 0 aliphatic carbocycles. The number of carbonyl (C=O) groups is 1. The summed E-state index contributed by atoms with van der Waals surface area (Å²) in [7, 11) is 0. The van der Waals surface area contributed by atoms with Crippen LogP contribution in [-0.4, -0.2) is 11.1 Å². The van der Waals surface area contributed by atoms with Crippen LogP contribution in [0.4, 0.5) is 36.4 Å². The molecule has 2 nitrogen and oxygen atoms in total. The van der Waals surface area contributed by atoms with E-state index < -0.39 is 34.8 Å². The molecule has 0 unspecified atom stereocenters. The minimum atomic E-state index is -2.13. The van der Waals surface area contributed by atoms with Gasteiger partial charge in [0.25, 0.3) is 0 Å². The summed E-state index contributed by atoms with van der Waals surface area (Å²) >= 11 is 0. The second kappa shape index (κ2) is 8.30. The zero-order valence-electron chi connectivity index (χ0n) is 7.58. The van der Waals surface area contributed by atoms with E-state index in [9.17, 15) is 22.4 Å². The first-order valence-electron chi connectivity index (χ1n) is 3.01. The van der Waals surface area contributed by atoms with E-state index in [-0.39, 0.29) is 24.9 Å². The van der Waals surface area contributed by atoms with Crippen LogP contribution in [0.25, 0.3) is 0 Å². The molecule has 17 heavy (non-hydrogen) atoms. The first kappa shape index (κ1) is 24.4. The van der Waals surface area contributed by atoms with E-state index in [1.165, 1.54) is 0 Å². The molecule has 1 aromatic rings. The van der Waals surface area contributed by atoms with Crippen LogP contribution in [-0.2, 0) is 0 Å². The molecule has 0 aromatic heterocycles. The van der Waals surface area contributed by atoms with E-state index in [1.54, 1.807) is 0 Å². The Morgan fingerprint density at radius 3 is 1.65 bits per heavy atom. The minimum Gasteiger partial charge on any atom is -0.478 e. The van der Waals surface area contributed by atoms with Crippen LogP contribution in [0.15, 0.2) is 6.07 Å². The summed E-state index contributed by atoms with van der Waals surface area (Å²) < 4.78 is 49.5. The standard InChI is InChI=1S/C7H2F4O2.4FH/c8-3-1-2(7(12)13)4(9)6(11)5(3)10;;;;/h1H,(H,12,13);4*1H. The van der Waals surface area contributed by atoms with Crippen LogP contribution >= 0.6 is 0 Å². The van der Waals surface area contributed by atoms with Crippen LogP contribution in [0, 0.1) is 23.3 Å². The van der Waals surface area contributed by atoms with Crippen molar-refractivity contribution in [1.82, 2.24) is 0 Å². The third-order valence-electron chi connectivity index (χ3n) is 1.33. The van der Waals surface area contributed by atoms with Gasteiger partial charge in [-0.05, 0) is 6.07 Å². The third-order valence-corrected chi connectivity index (χ3v) is 1.33. The molecule has 1 N–H and O–H groups in total. The molecule has 10 heteroatoms. The van der Waals surface area contributed by atoms with Crippen molar-refractivity contribution in [2.24, 2.45) is 0 Å². The highest BCUT2D eigenvalue weighted by molar-refractivity contribution is 5.87. The highest BCUT2D eigenvalue weighted by atomic mass is 19.2. The molecule has 0 amide bonds. The number of hydrogen-bond donors (Lipinski definition) is 1.